The lowest BCUT2D eigenvalue weighted by molar-refractivity contribution is -0.137. The minimum Gasteiger partial charge on any atom is -0.379 e. The van der Waals surface area contributed by atoms with E-state index in [0.717, 1.165) is 44.4 Å². The lowest BCUT2D eigenvalue weighted by atomic mass is 10.1. The summed E-state index contributed by atoms with van der Waals surface area (Å²) < 4.78 is 45.7. The summed E-state index contributed by atoms with van der Waals surface area (Å²) in [6.07, 6.45) is -1.86. The van der Waals surface area contributed by atoms with Gasteiger partial charge < -0.3 is 24.8 Å². The molecule has 0 spiro atoms. The quantitative estimate of drug-likeness (QED) is 0.225. The van der Waals surface area contributed by atoms with Crippen LogP contribution in [-0.4, -0.2) is 82.8 Å². The van der Waals surface area contributed by atoms with E-state index < -0.39 is 11.7 Å². The SMILES string of the molecule is CN=C(NCc1cc(C(F)(F)F)ccc1N1CCN(C)CC1)N(C)CCOCC1CC1.I. The smallest absolute Gasteiger partial charge is 0.379 e. The third-order valence-corrected chi connectivity index (χ3v) is 5.88. The van der Waals surface area contributed by atoms with Gasteiger partial charge in [0.2, 0.25) is 0 Å². The minimum atomic E-state index is -4.37. The number of benzene rings is 1. The molecule has 0 aromatic heterocycles. The summed E-state index contributed by atoms with van der Waals surface area (Å²) in [5, 5.41) is 3.23. The lowest BCUT2D eigenvalue weighted by Crippen LogP contribution is -2.45. The van der Waals surface area contributed by atoms with E-state index in [9.17, 15) is 13.2 Å². The highest BCUT2D eigenvalue weighted by Gasteiger charge is 2.31. The number of guanidine groups is 1. The predicted octanol–water partition coefficient (Wildman–Crippen LogP) is 3.51. The number of halogens is 4. The molecule has 1 saturated heterocycles. The molecule has 1 aliphatic heterocycles. The van der Waals surface area contributed by atoms with Crippen LogP contribution in [0.3, 0.4) is 0 Å². The topological polar surface area (TPSA) is 43.3 Å². The van der Waals surface area contributed by atoms with Crippen LogP contribution in [0.2, 0.25) is 0 Å². The molecule has 1 aromatic rings. The molecule has 2 fully saturated rings. The van der Waals surface area contributed by atoms with Crippen molar-refractivity contribution < 1.29 is 17.9 Å². The van der Waals surface area contributed by atoms with Crippen LogP contribution in [0.25, 0.3) is 0 Å². The Morgan fingerprint density at radius 2 is 1.91 bits per heavy atom. The molecule has 6 nitrogen and oxygen atoms in total. The summed E-state index contributed by atoms with van der Waals surface area (Å²) in [6, 6.07) is 4.03. The number of likely N-dealkylation sites (N-methyl/N-ethyl adjacent to an activating group) is 2. The molecule has 2 aliphatic rings. The van der Waals surface area contributed by atoms with Gasteiger partial charge in [-0.2, -0.15) is 13.2 Å². The number of hydrogen-bond acceptors (Lipinski definition) is 4. The maximum absolute atomic E-state index is 13.3. The van der Waals surface area contributed by atoms with Crippen LogP contribution >= 0.6 is 24.0 Å². The van der Waals surface area contributed by atoms with Crippen LogP contribution in [0.5, 0.6) is 0 Å². The van der Waals surface area contributed by atoms with Crippen molar-refractivity contribution in [3.8, 4) is 0 Å². The van der Waals surface area contributed by atoms with E-state index in [4.69, 9.17) is 4.74 Å². The number of rotatable bonds is 8. The standard InChI is InChI=1S/C22H34F3N5O.HI/c1-26-21(29(3)12-13-31-16-17-4-5-17)27-15-18-14-19(22(23,24)25)6-7-20(18)30-10-8-28(2)9-11-30;/h6-7,14,17H,4-5,8-13,15-16H2,1-3H3,(H,26,27);1H. The van der Waals surface area contributed by atoms with E-state index in [1.165, 1.54) is 25.0 Å². The molecular weight excluding hydrogens is 534 g/mol. The van der Waals surface area contributed by atoms with Gasteiger partial charge in [0, 0.05) is 65.7 Å². The van der Waals surface area contributed by atoms with Crippen LogP contribution in [-0.2, 0) is 17.5 Å². The Bertz CT molecular complexity index is 750. The minimum absolute atomic E-state index is 0. The van der Waals surface area contributed by atoms with Crippen molar-refractivity contribution in [2.75, 3.05) is 72.0 Å². The molecule has 0 bridgehead atoms. The Hall–Kier alpha value is -1.27. The second-order valence-electron chi connectivity index (χ2n) is 8.47. The molecule has 0 amide bonds. The van der Waals surface area contributed by atoms with E-state index >= 15 is 0 Å². The number of nitrogens with one attached hydrogen (secondary N) is 1. The first-order valence-electron chi connectivity index (χ1n) is 10.9. The third kappa shape index (κ3) is 7.95. The molecule has 10 heteroatoms. The van der Waals surface area contributed by atoms with Crippen LogP contribution in [0.15, 0.2) is 23.2 Å². The molecule has 1 aromatic carbocycles. The summed E-state index contributed by atoms with van der Waals surface area (Å²) >= 11 is 0. The van der Waals surface area contributed by atoms with Gasteiger partial charge in [0.05, 0.1) is 12.2 Å². The molecule has 182 valence electrons. The van der Waals surface area contributed by atoms with Gasteiger partial charge in [-0.05, 0) is 49.6 Å². The lowest BCUT2D eigenvalue weighted by Gasteiger charge is -2.35. The molecule has 0 unspecified atom stereocenters. The Labute approximate surface area is 206 Å². The van der Waals surface area contributed by atoms with Gasteiger partial charge in [-0.1, -0.05) is 0 Å². The van der Waals surface area contributed by atoms with E-state index in [0.29, 0.717) is 24.7 Å². The maximum Gasteiger partial charge on any atom is 0.416 e. The Morgan fingerprint density at radius 1 is 1.22 bits per heavy atom. The number of nitrogens with zero attached hydrogens (tertiary/aromatic N) is 4. The van der Waals surface area contributed by atoms with Crippen LogP contribution in [0, 0.1) is 5.92 Å². The highest BCUT2D eigenvalue weighted by molar-refractivity contribution is 14.0. The fourth-order valence-corrected chi connectivity index (χ4v) is 3.66. The van der Waals surface area contributed by atoms with Crippen molar-refractivity contribution in [1.29, 1.82) is 0 Å². The fourth-order valence-electron chi connectivity index (χ4n) is 3.66. The normalized spacial score (nSPS) is 17.8. The Balaban J connectivity index is 0.00000363. The van der Waals surface area contributed by atoms with Crippen molar-refractivity contribution in [3.05, 3.63) is 29.3 Å². The van der Waals surface area contributed by atoms with E-state index in [2.05, 4.69) is 27.2 Å². The van der Waals surface area contributed by atoms with Crippen LogP contribution in [0.1, 0.15) is 24.0 Å². The molecule has 3 rings (SSSR count). The average Bonchev–Trinajstić information content (AvgIpc) is 3.56. The number of piperazine rings is 1. The van der Waals surface area contributed by atoms with Crippen molar-refractivity contribution in [2.24, 2.45) is 10.9 Å². The van der Waals surface area contributed by atoms with Gasteiger partial charge in [0.15, 0.2) is 5.96 Å². The van der Waals surface area contributed by atoms with Gasteiger partial charge in [-0.3, -0.25) is 4.99 Å². The molecule has 1 aliphatic carbocycles. The van der Waals surface area contributed by atoms with E-state index in [-0.39, 0.29) is 30.5 Å². The summed E-state index contributed by atoms with van der Waals surface area (Å²) in [7, 11) is 5.64. The Morgan fingerprint density at radius 3 is 2.50 bits per heavy atom. The van der Waals surface area contributed by atoms with Crippen molar-refractivity contribution in [2.45, 2.75) is 25.6 Å². The van der Waals surface area contributed by atoms with Gasteiger partial charge in [-0.15, -0.1) is 24.0 Å². The summed E-state index contributed by atoms with van der Waals surface area (Å²) in [6.45, 7) is 5.70. The molecule has 1 saturated carbocycles. The van der Waals surface area contributed by atoms with E-state index in [1.54, 1.807) is 13.1 Å². The first-order chi connectivity index (χ1) is 14.8. The zero-order valence-electron chi connectivity index (χ0n) is 19.1. The first-order valence-corrected chi connectivity index (χ1v) is 10.9. The van der Waals surface area contributed by atoms with Gasteiger partial charge >= 0.3 is 6.18 Å². The van der Waals surface area contributed by atoms with Crippen LogP contribution < -0.4 is 10.2 Å². The highest BCUT2D eigenvalue weighted by atomic mass is 127. The molecule has 32 heavy (non-hydrogen) atoms. The number of hydrogen-bond donors (Lipinski definition) is 1. The summed E-state index contributed by atoms with van der Waals surface area (Å²) in [4.78, 5) is 10.6. The Kier molecular flexibility index (Phi) is 10.3. The predicted molar refractivity (Wildman–Crippen MR) is 133 cm³/mol. The summed E-state index contributed by atoms with van der Waals surface area (Å²) in [5.41, 5.74) is 0.845. The first kappa shape index (κ1) is 27.0. The number of alkyl halides is 3. The summed E-state index contributed by atoms with van der Waals surface area (Å²) in [5.74, 6) is 1.36. The zero-order chi connectivity index (χ0) is 22.4. The molecular formula is C22H35F3IN5O. The number of aliphatic imine (C=N–C) groups is 1. The average molecular weight is 569 g/mol. The zero-order valence-corrected chi connectivity index (χ0v) is 21.5. The number of ether oxygens (including phenoxy) is 1. The van der Waals surface area contributed by atoms with Crippen molar-refractivity contribution >= 4 is 35.6 Å². The monoisotopic (exact) mass is 569 g/mol. The molecule has 0 atom stereocenters. The molecule has 1 N–H and O–H groups in total. The van der Waals surface area contributed by atoms with Crippen molar-refractivity contribution in [3.63, 3.8) is 0 Å². The number of anilines is 1. The largest absolute Gasteiger partial charge is 0.416 e. The third-order valence-electron chi connectivity index (χ3n) is 5.88. The maximum atomic E-state index is 13.3. The van der Waals surface area contributed by atoms with Gasteiger partial charge in [-0.25, -0.2) is 0 Å². The van der Waals surface area contributed by atoms with Crippen molar-refractivity contribution in [1.82, 2.24) is 15.1 Å². The second kappa shape index (κ2) is 12.3. The van der Waals surface area contributed by atoms with Crippen LogP contribution in [0.4, 0.5) is 18.9 Å². The molecule has 1 heterocycles. The molecule has 0 radical (unpaired) electrons. The second-order valence-corrected chi connectivity index (χ2v) is 8.47. The van der Waals surface area contributed by atoms with Gasteiger partial charge in [0.25, 0.3) is 0 Å². The van der Waals surface area contributed by atoms with E-state index in [1.807, 2.05) is 11.9 Å². The fraction of sp³-hybridized carbons (Fsp3) is 0.682. The van der Waals surface area contributed by atoms with Gasteiger partial charge in [0.1, 0.15) is 0 Å². The highest BCUT2D eigenvalue weighted by Crippen LogP contribution is 2.33.